The molecule has 0 spiro atoms. The van der Waals surface area contributed by atoms with Crippen LogP contribution < -0.4 is 0 Å². The van der Waals surface area contributed by atoms with Gasteiger partial charge in [0.25, 0.3) is 0 Å². The van der Waals surface area contributed by atoms with Crippen molar-refractivity contribution in [2.45, 2.75) is 32.7 Å². The average molecular weight is 153 g/mol. The highest BCUT2D eigenvalue weighted by molar-refractivity contribution is 5.87. The summed E-state index contributed by atoms with van der Waals surface area (Å²) in [5, 5.41) is 0. The predicted molar refractivity (Wildman–Crippen MR) is 45.2 cm³/mol. The minimum atomic E-state index is 0.164. The molecular formula is C9H15NO. The summed E-state index contributed by atoms with van der Waals surface area (Å²) < 4.78 is 0. The Bertz CT molecular complexity index is 174. The Morgan fingerprint density at radius 1 is 1.64 bits per heavy atom. The van der Waals surface area contributed by atoms with Gasteiger partial charge in [-0.25, -0.2) is 0 Å². The first-order valence-electron chi connectivity index (χ1n) is 4.19. The van der Waals surface area contributed by atoms with Gasteiger partial charge in [-0.1, -0.05) is 6.08 Å². The van der Waals surface area contributed by atoms with E-state index in [0.29, 0.717) is 6.04 Å². The van der Waals surface area contributed by atoms with Gasteiger partial charge >= 0.3 is 0 Å². The molecule has 1 saturated heterocycles. The summed E-state index contributed by atoms with van der Waals surface area (Å²) in [6.07, 6.45) is 5.75. The lowest BCUT2D eigenvalue weighted by Gasteiger charge is -2.18. The Hall–Kier alpha value is -0.790. The second kappa shape index (κ2) is 3.56. The maximum absolute atomic E-state index is 11.3. The molecule has 1 heterocycles. The fourth-order valence-corrected chi connectivity index (χ4v) is 1.50. The highest BCUT2D eigenvalue weighted by Gasteiger charge is 2.22. The molecule has 0 aliphatic carbocycles. The highest BCUT2D eigenvalue weighted by atomic mass is 16.2. The summed E-state index contributed by atoms with van der Waals surface area (Å²) in [5.74, 6) is 0.164. The van der Waals surface area contributed by atoms with Crippen molar-refractivity contribution in [3.8, 4) is 0 Å². The summed E-state index contributed by atoms with van der Waals surface area (Å²) in [4.78, 5) is 13.2. The number of allylic oxidation sites excluding steroid dienone is 1. The van der Waals surface area contributed by atoms with Crippen LogP contribution in [0.15, 0.2) is 12.2 Å². The van der Waals surface area contributed by atoms with Crippen molar-refractivity contribution >= 4 is 5.91 Å². The molecule has 11 heavy (non-hydrogen) atoms. The molecule has 2 heteroatoms. The molecule has 1 amide bonds. The van der Waals surface area contributed by atoms with Crippen molar-refractivity contribution in [1.82, 2.24) is 4.90 Å². The van der Waals surface area contributed by atoms with Gasteiger partial charge in [-0.2, -0.15) is 0 Å². The van der Waals surface area contributed by atoms with Crippen LogP contribution in [-0.2, 0) is 4.79 Å². The molecule has 2 nitrogen and oxygen atoms in total. The van der Waals surface area contributed by atoms with E-state index in [0.717, 1.165) is 19.4 Å². The number of likely N-dealkylation sites (tertiary alicyclic amines) is 1. The standard InChI is InChI=1S/C9H15NO/c1-3-5-9(11)10-7-4-6-8(10)2/h3,5,8H,4,6-7H2,1-2H3. The van der Waals surface area contributed by atoms with E-state index in [1.807, 2.05) is 11.8 Å². The van der Waals surface area contributed by atoms with Gasteiger partial charge < -0.3 is 4.90 Å². The van der Waals surface area contributed by atoms with Crippen LogP contribution in [0, 0.1) is 0 Å². The highest BCUT2D eigenvalue weighted by Crippen LogP contribution is 2.16. The summed E-state index contributed by atoms with van der Waals surface area (Å²) >= 11 is 0. The quantitative estimate of drug-likeness (QED) is 0.524. The van der Waals surface area contributed by atoms with Gasteiger partial charge in [-0.15, -0.1) is 0 Å². The Labute approximate surface area is 67.9 Å². The molecule has 0 saturated carbocycles. The smallest absolute Gasteiger partial charge is 0.246 e. The van der Waals surface area contributed by atoms with E-state index in [1.165, 1.54) is 0 Å². The average Bonchev–Trinajstić information content (AvgIpc) is 2.36. The van der Waals surface area contributed by atoms with Crippen molar-refractivity contribution in [2.24, 2.45) is 0 Å². The second-order valence-corrected chi connectivity index (χ2v) is 3.02. The van der Waals surface area contributed by atoms with Gasteiger partial charge in [0.2, 0.25) is 5.91 Å². The summed E-state index contributed by atoms with van der Waals surface area (Å²) in [7, 11) is 0. The number of carbonyl (C=O) groups is 1. The van der Waals surface area contributed by atoms with Gasteiger partial charge in [-0.05, 0) is 32.8 Å². The Morgan fingerprint density at radius 2 is 2.36 bits per heavy atom. The molecule has 0 aromatic rings. The van der Waals surface area contributed by atoms with Crippen molar-refractivity contribution in [3.05, 3.63) is 12.2 Å². The third-order valence-electron chi connectivity index (χ3n) is 2.15. The van der Waals surface area contributed by atoms with Crippen molar-refractivity contribution in [2.75, 3.05) is 6.54 Å². The van der Waals surface area contributed by atoms with Gasteiger partial charge in [-0.3, -0.25) is 4.79 Å². The zero-order valence-corrected chi connectivity index (χ0v) is 7.21. The van der Waals surface area contributed by atoms with Crippen LogP contribution in [0.1, 0.15) is 26.7 Å². The van der Waals surface area contributed by atoms with Crippen molar-refractivity contribution < 1.29 is 4.79 Å². The first kappa shape index (κ1) is 8.31. The first-order chi connectivity index (χ1) is 5.25. The molecule has 0 aromatic heterocycles. The number of amides is 1. The number of carbonyl (C=O) groups excluding carboxylic acids is 1. The molecule has 0 aromatic carbocycles. The molecule has 0 bridgehead atoms. The van der Waals surface area contributed by atoms with Gasteiger partial charge in [0.1, 0.15) is 0 Å². The molecule has 0 radical (unpaired) electrons. The topological polar surface area (TPSA) is 20.3 Å². The van der Waals surface area contributed by atoms with Crippen LogP contribution in [-0.4, -0.2) is 23.4 Å². The Morgan fingerprint density at radius 3 is 2.82 bits per heavy atom. The van der Waals surface area contributed by atoms with Crippen LogP contribution in [0.4, 0.5) is 0 Å². The molecule has 1 atom stereocenters. The number of hydrogen-bond acceptors (Lipinski definition) is 1. The molecule has 0 N–H and O–H groups in total. The molecule has 1 aliphatic rings. The van der Waals surface area contributed by atoms with Crippen LogP contribution in [0.3, 0.4) is 0 Å². The third kappa shape index (κ3) is 1.82. The van der Waals surface area contributed by atoms with E-state index in [-0.39, 0.29) is 5.91 Å². The van der Waals surface area contributed by atoms with Crippen molar-refractivity contribution in [1.29, 1.82) is 0 Å². The van der Waals surface area contributed by atoms with Gasteiger partial charge in [0, 0.05) is 12.6 Å². The lowest BCUT2D eigenvalue weighted by molar-refractivity contribution is -0.126. The SMILES string of the molecule is CC=CC(=O)N1CCCC1C. The van der Waals surface area contributed by atoms with Gasteiger partial charge in [0.05, 0.1) is 0 Å². The number of nitrogens with zero attached hydrogens (tertiary/aromatic N) is 1. The normalized spacial score (nSPS) is 24.9. The minimum absolute atomic E-state index is 0.164. The fraction of sp³-hybridized carbons (Fsp3) is 0.667. The molecule has 1 fully saturated rings. The molecule has 1 unspecified atom stereocenters. The predicted octanol–water partition coefficient (Wildman–Crippen LogP) is 1.57. The second-order valence-electron chi connectivity index (χ2n) is 3.02. The number of hydrogen-bond donors (Lipinski definition) is 0. The Kier molecular flexibility index (Phi) is 2.69. The van der Waals surface area contributed by atoms with Crippen LogP contribution in [0.5, 0.6) is 0 Å². The summed E-state index contributed by atoms with van der Waals surface area (Å²) in [6.45, 7) is 4.91. The lowest BCUT2D eigenvalue weighted by atomic mass is 10.2. The molecule has 1 aliphatic heterocycles. The number of rotatable bonds is 1. The molecular weight excluding hydrogens is 138 g/mol. The van der Waals surface area contributed by atoms with Crippen LogP contribution >= 0.6 is 0 Å². The third-order valence-corrected chi connectivity index (χ3v) is 2.15. The van der Waals surface area contributed by atoms with E-state index in [2.05, 4.69) is 6.92 Å². The molecule has 1 rings (SSSR count). The van der Waals surface area contributed by atoms with Gasteiger partial charge in [0.15, 0.2) is 0 Å². The van der Waals surface area contributed by atoms with Crippen molar-refractivity contribution in [3.63, 3.8) is 0 Å². The lowest BCUT2D eigenvalue weighted by Crippen LogP contribution is -2.32. The van der Waals surface area contributed by atoms with E-state index in [9.17, 15) is 4.79 Å². The zero-order valence-electron chi connectivity index (χ0n) is 7.21. The summed E-state index contributed by atoms with van der Waals surface area (Å²) in [6, 6.07) is 0.443. The largest absolute Gasteiger partial charge is 0.336 e. The maximum Gasteiger partial charge on any atom is 0.246 e. The van der Waals surface area contributed by atoms with Crippen LogP contribution in [0.2, 0.25) is 0 Å². The minimum Gasteiger partial charge on any atom is -0.336 e. The molecule has 62 valence electrons. The Balaban J connectivity index is 2.52. The first-order valence-corrected chi connectivity index (χ1v) is 4.19. The maximum atomic E-state index is 11.3. The summed E-state index contributed by atoms with van der Waals surface area (Å²) in [5.41, 5.74) is 0. The zero-order chi connectivity index (χ0) is 8.27. The fourth-order valence-electron chi connectivity index (χ4n) is 1.50. The van der Waals surface area contributed by atoms with Crippen LogP contribution in [0.25, 0.3) is 0 Å². The monoisotopic (exact) mass is 153 g/mol. The van der Waals surface area contributed by atoms with E-state index in [4.69, 9.17) is 0 Å². The van der Waals surface area contributed by atoms with E-state index in [1.54, 1.807) is 12.2 Å². The van der Waals surface area contributed by atoms with E-state index >= 15 is 0 Å². The van der Waals surface area contributed by atoms with E-state index < -0.39 is 0 Å².